The van der Waals surface area contributed by atoms with Gasteiger partial charge in [0.05, 0.1) is 12.2 Å². The topological polar surface area (TPSA) is 15.7 Å². The van der Waals surface area contributed by atoms with E-state index in [4.69, 9.17) is 4.74 Å². The fourth-order valence-corrected chi connectivity index (χ4v) is 4.03. The molecule has 1 aliphatic rings. The maximum absolute atomic E-state index is 6.32. The van der Waals surface area contributed by atoms with Crippen molar-refractivity contribution in [1.29, 1.82) is 0 Å². The number of aryl methyl sites for hydroxylation is 1. The molecule has 0 saturated carbocycles. The van der Waals surface area contributed by atoms with Crippen LogP contribution in [0.1, 0.15) is 50.3 Å². The van der Waals surface area contributed by atoms with Crippen LogP contribution in [0.2, 0.25) is 0 Å². The van der Waals surface area contributed by atoms with Gasteiger partial charge >= 0.3 is 0 Å². The number of nitrogens with zero attached hydrogens (tertiary/aromatic N) is 2. The van der Waals surface area contributed by atoms with Gasteiger partial charge in [-0.2, -0.15) is 0 Å². The first-order valence-corrected chi connectivity index (χ1v) is 10.5. The largest absolute Gasteiger partial charge is 0.370 e. The van der Waals surface area contributed by atoms with E-state index in [0.29, 0.717) is 0 Å². The third kappa shape index (κ3) is 5.95. The molecule has 3 heteroatoms. The van der Waals surface area contributed by atoms with Gasteiger partial charge in [-0.05, 0) is 63.9 Å². The molecule has 2 unspecified atom stereocenters. The quantitative estimate of drug-likeness (QED) is 0.554. The number of anilines is 1. The van der Waals surface area contributed by atoms with Gasteiger partial charge in [0.1, 0.15) is 0 Å². The van der Waals surface area contributed by atoms with Gasteiger partial charge in [-0.1, -0.05) is 44.7 Å². The van der Waals surface area contributed by atoms with Crippen LogP contribution >= 0.6 is 0 Å². The molecule has 2 rings (SSSR count). The van der Waals surface area contributed by atoms with E-state index in [1.807, 2.05) is 12.2 Å². The lowest BCUT2D eigenvalue weighted by atomic mass is 9.99. The number of hydrogen-bond donors (Lipinski definition) is 0. The Labute approximate surface area is 166 Å². The van der Waals surface area contributed by atoms with E-state index in [-0.39, 0.29) is 12.2 Å². The lowest BCUT2D eigenvalue weighted by Crippen LogP contribution is -2.51. The first-order chi connectivity index (χ1) is 13.0. The molecule has 0 N–H and O–H groups in total. The highest BCUT2D eigenvalue weighted by Crippen LogP contribution is 2.30. The molecule has 150 valence electrons. The average molecular weight is 371 g/mol. The van der Waals surface area contributed by atoms with E-state index in [1.54, 1.807) is 0 Å². The van der Waals surface area contributed by atoms with Crippen molar-refractivity contribution < 1.29 is 4.74 Å². The molecule has 0 amide bonds. The zero-order valence-corrected chi connectivity index (χ0v) is 18.0. The Morgan fingerprint density at radius 1 is 1.19 bits per heavy atom. The number of benzene rings is 1. The van der Waals surface area contributed by atoms with Gasteiger partial charge in [-0.15, -0.1) is 0 Å². The molecule has 1 saturated heterocycles. The summed E-state index contributed by atoms with van der Waals surface area (Å²) in [5, 5.41) is 0. The van der Waals surface area contributed by atoms with Crippen LogP contribution < -0.4 is 4.90 Å². The highest BCUT2D eigenvalue weighted by molar-refractivity contribution is 5.72. The van der Waals surface area contributed by atoms with E-state index in [1.165, 1.54) is 35.2 Å². The molecule has 27 heavy (non-hydrogen) atoms. The first-order valence-electron chi connectivity index (χ1n) is 10.5. The number of hydrogen-bond acceptors (Lipinski definition) is 3. The molecule has 1 heterocycles. The van der Waals surface area contributed by atoms with Crippen LogP contribution in [-0.4, -0.2) is 49.8 Å². The molecule has 1 fully saturated rings. The fraction of sp³-hybridized carbons (Fsp3) is 0.583. The molecule has 0 aromatic heterocycles. The second-order valence-electron chi connectivity index (χ2n) is 7.81. The first kappa shape index (κ1) is 21.7. The standard InChI is InChI=1S/C24H38N2O/c1-7-10-11-23-21(6)19(4)12-13-24(23)26-16-20(5)27-22(18-26)17-25(14-8-2)15-9-3/h7,10-13,20,22H,1,8-9,14-18H2,2-6H3/b11-10-. The summed E-state index contributed by atoms with van der Waals surface area (Å²) in [4.78, 5) is 5.07. The van der Waals surface area contributed by atoms with Crippen molar-refractivity contribution in [2.75, 3.05) is 37.6 Å². The lowest BCUT2D eigenvalue weighted by molar-refractivity contribution is -0.0322. The molecule has 2 atom stereocenters. The van der Waals surface area contributed by atoms with E-state index in [2.05, 4.69) is 69.2 Å². The molecule has 1 aromatic carbocycles. The summed E-state index contributed by atoms with van der Waals surface area (Å²) in [5.41, 5.74) is 5.30. The molecular formula is C24H38N2O. The Balaban J connectivity index is 2.24. The highest BCUT2D eigenvalue weighted by atomic mass is 16.5. The summed E-state index contributed by atoms with van der Waals surface area (Å²) in [6, 6.07) is 4.52. The predicted molar refractivity (Wildman–Crippen MR) is 119 cm³/mol. The smallest absolute Gasteiger partial charge is 0.0881 e. The van der Waals surface area contributed by atoms with Crippen molar-refractivity contribution in [1.82, 2.24) is 4.90 Å². The van der Waals surface area contributed by atoms with Crippen molar-refractivity contribution in [3.63, 3.8) is 0 Å². The van der Waals surface area contributed by atoms with Crippen molar-refractivity contribution in [3.8, 4) is 0 Å². The zero-order chi connectivity index (χ0) is 19.8. The molecule has 1 aliphatic heterocycles. The van der Waals surface area contributed by atoms with Gasteiger partial charge in [-0.3, -0.25) is 0 Å². The Morgan fingerprint density at radius 3 is 2.52 bits per heavy atom. The maximum atomic E-state index is 6.32. The van der Waals surface area contributed by atoms with Crippen LogP contribution in [0.25, 0.3) is 6.08 Å². The van der Waals surface area contributed by atoms with Crippen molar-refractivity contribution >= 4 is 11.8 Å². The summed E-state index contributed by atoms with van der Waals surface area (Å²) in [7, 11) is 0. The molecule has 3 nitrogen and oxygen atoms in total. The van der Waals surface area contributed by atoms with Crippen LogP contribution in [-0.2, 0) is 4.74 Å². The average Bonchev–Trinajstić information content (AvgIpc) is 2.63. The fourth-order valence-electron chi connectivity index (χ4n) is 4.03. The lowest BCUT2D eigenvalue weighted by Gasteiger charge is -2.41. The molecular weight excluding hydrogens is 332 g/mol. The van der Waals surface area contributed by atoms with Crippen molar-refractivity contribution in [3.05, 3.63) is 47.6 Å². The minimum absolute atomic E-state index is 0.242. The predicted octanol–water partition coefficient (Wildman–Crippen LogP) is 5.22. The van der Waals surface area contributed by atoms with Crippen LogP contribution in [0.4, 0.5) is 5.69 Å². The van der Waals surface area contributed by atoms with Gasteiger partial charge in [0.25, 0.3) is 0 Å². The third-order valence-electron chi connectivity index (χ3n) is 5.37. The van der Waals surface area contributed by atoms with Crippen LogP contribution in [0.5, 0.6) is 0 Å². The van der Waals surface area contributed by atoms with E-state index in [0.717, 1.165) is 32.7 Å². The highest BCUT2D eigenvalue weighted by Gasteiger charge is 2.28. The maximum Gasteiger partial charge on any atom is 0.0881 e. The van der Waals surface area contributed by atoms with Crippen molar-refractivity contribution in [2.45, 2.75) is 59.7 Å². The van der Waals surface area contributed by atoms with E-state index >= 15 is 0 Å². The molecule has 0 spiro atoms. The monoisotopic (exact) mass is 370 g/mol. The molecule has 0 bridgehead atoms. The summed E-state index contributed by atoms with van der Waals surface area (Å²) in [6.07, 6.45) is 8.97. The summed E-state index contributed by atoms with van der Waals surface area (Å²) < 4.78 is 6.32. The Morgan fingerprint density at radius 2 is 1.89 bits per heavy atom. The molecule has 0 radical (unpaired) electrons. The Hall–Kier alpha value is -1.58. The SMILES string of the molecule is C=C/C=C\c1c(N2CC(C)OC(CN(CCC)CCC)C2)ccc(C)c1C. The number of allylic oxidation sites excluding steroid dienone is 2. The number of rotatable bonds is 9. The van der Waals surface area contributed by atoms with Gasteiger partial charge in [0.2, 0.25) is 0 Å². The van der Waals surface area contributed by atoms with Gasteiger partial charge in [0, 0.05) is 30.9 Å². The van der Waals surface area contributed by atoms with Gasteiger partial charge < -0.3 is 14.5 Å². The third-order valence-corrected chi connectivity index (χ3v) is 5.37. The van der Waals surface area contributed by atoms with Crippen LogP contribution in [0.15, 0.2) is 30.9 Å². The van der Waals surface area contributed by atoms with Crippen LogP contribution in [0, 0.1) is 13.8 Å². The Kier molecular flexibility index (Phi) is 8.59. The minimum Gasteiger partial charge on any atom is -0.370 e. The normalized spacial score (nSPS) is 20.6. The summed E-state index contributed by atoms with van der Waals surface area (Å²) >= 11 is 0. The van der Waals surface area contributed by atoms with Crippen LogP contribution in [0.3, 0.4) is 0 Å². The molecule has 0 aliphatic carbocycles. The van der Waals surface area contributed by atoms with Gasteiger partial charge in [-0.25, -0.2) is 0 Å². The number of morpholine rings is 1. The van der Waals surface area contributed by atoms with E-state index in [9.17, 15) is 0 Å². The second kappa shape index (κ2) is 10.7. The summed E-state index contributed by atoms with van der Waals surface area (Å²) in [6.45, 7) is 20.2. The molecule has 1 aromatic rings. The van der Waals surface area contributed by atoms with E-state index < -0.39 is 0 Å². The second-order valence-corrected chi connectivity index (χ2v) is 7.81. The summed E-state index contributed by atoms with van der Waals surface area (Å²) in [5.74, 6) is 0. The Bertz CT molecular complexity index is 632. The van der Waals surface area contributed by atoms with Crippen molar-refractivity contribution in [2.24, 2.45) is 0 Å². The number of ether oxygens (including phenoxy) is 1. The minimum atomic E-state index is 0.242. The van der Waals surface area contributed by atoms with Gasteiger partial charge in [0.15, 0.2) is 0 Å². The zero-order valence-electron chi connectivity index (χ0n) is 18.0.